The van der Waals surface area contributed by atoms with E-state index in [2.05, 4.69) is 16.7 Å². The van der Waals surface area contributed by atoms with Gasteiger partial charge in [0.1, 0.15) is 6.07 Å². The van der Waals surface area contributed by atoms with Crippen LogP contribution < -0.4 is 10.6 Å². The molecule has 4 heteroatoms. The van der Waals surface area contributed by atoms with Gasteiger partial charge in [0.15, 0.2) is 0 Å². The Morgan fingerprint density at radius 3 is 2.89 bits per heavy atom. The van der Waals surface area contributed by atoms with E-state index in [1.165, 1.54) is 12.8 Å². The summed E-state index contributed by atoms with van der Waals surface area (Å²) in [5, 5.41) is 16.0. The lowest BCUT2D eigenvalue weighted by Crippen LogP contribution is -2.20. The van der Waals surface area contributed by atoms with Crippen molar-refractivity contribution in [2.45, 2.75) is 30.2 Å². The fourth-order valence-electron chi connectivity index (χ4n) is 1.87. The number of nitriles is 1. The molecule has 0 amide bonds. The van der Waals surface area contributed by atoms with Crippen LogP contribution in [0.2, 0.25) is 0 Å². The average Bonchev–Trinajstić information content (AvgIpc) is 3.22. The maximum absolute atomic E-state index is 9.20. The quantitative estimate of drug-likeness (QED) is 0.585. The summed E-state index contributed by atoms with van der Waals surface area (Å²) in [6.07, 6.45) is 5.76. The molecule has 0 heterocycles. The zero-order valence-corrected chi connectivity index (χ0v) is 11.5. The lowest BCUT2D eigenvalue weighted by atomic mass is 10.2. The van der Waals surface area contributed by atoms with E-state index in [1.54, 1.807) is 11.8 Å². The normalized spacial score (nSPS) is 14.2. The van der Waals surface area contributed by atoms with E-state index in [0.29, 0.717) is 0 Å². The molecule has 3 nitrogen and oxygen atoms in total. The summed E-state index contributed by atoms with van der Waals surface area (Å²) in [6.45, 7) is 1.97. The summed E-state index contributed by atoms with van der Waals surface area (Å²) < 4.78 is 0. The number of hydrogen-bond donors (Lipinski definition) is 2. The summed E-state index contributed by atoms with van der Waals surface area (Å²) in [4.78, 5) is 1.04. The molecule has 1 aliphatic rings. The molecule has 0 aliphatic heterocycles. The molecule has 0 aromatic heterocycles. The van der Waals surface area contributed by atoms with Crippen LogP contribution >= 0.6 is 11.8 Å². The molecular formula is C14H19N3S. The number of nitrogens with zero attached hydrogens (tertiary/aromatic N) is 1. The van der Waals surface area contributed by atoms with E-state index in [-0.39, 0.29) is 0 Å². The average molecular weight is 261 g/mol. The largest absolute Gasteiger partial charge is 0.384 e. The van der Waals surface area contributed by atoms with Gasteiger partial charge in [-0.05, 0) is 44.2 Å². The van der Waals surface area contributed by atoms with E-state index in [1.807, 2.05) is 24.5 Å². The first-order valence-corrected chi connectivity index (χ1v) is 7.62. The van der Waals surface area contributed by atoms with E-state index in [0.717, 1.165) is 41.7 Å². The molecule has 1 aliphatic carbocycles. The molecule has 18 heavy (non-hydrogen) atoms. The third-order valence-corrected chi connectivity index (χ3v) is 3.82. The van der Waals surface area contributed by atoms with E-state index in [9.17, 15) is 5.26 Å². The van der Waals surface area contributed by atoms with Gasteiger partial charge in [-0.2, -0.15) is 5.26 Å². The highest BCUT2D eigenvalue weighted by atomic mass is 32.2. The van der Waals surface area contributed by atoms with Crippen molar-refractivity contribution in [2.24, 2.45) is 0 Å². The fraction of sp³-hybridized carbons (Fsp3) is 0.500. The lowest BCUT2D eigenvalue weighted by molar-refractivity contribution is 0.659. The van der Waals surface area contributed by atoms with Crippen LogP contribution in [0.15, 0.2) is 23.1 Å². The van der Waals surface area contributed by atoms with Gasteiger partial charge >= 0.3 is 0 Å². The van der Waals surface area contributed by atoms with Gasteiger partial charge in [0.25, 0.3) is 0 Å². The van der Waals surface area contributed by atoms with Gasteiger partial charge < -0.3 is 10.6 Å². The Bertz CT molecular complexity index is 435. The molecule has 0 radical (unpaired) electrons. The highest BCUT2D eigenvalue weighted by Gasteiger charge is 2.19. The molecule has 2 rings (SSSR count). The van der Waals surface area contributed by atoms with Crippen LogP contribution in [-0.2, 0) is 0 Å². The van der Waals surface area contributed by atoms with Crippen LogP contribution in [0.5, 0.6) is 0 Å². The van der Waals surface area contributed by atoms with Gasteiger partial charge in [0.2, 0.25) is 0 Å². The highest BCUT2D eigenvalue weighted by molar-refractivity contribution is 7.98. The Balaban J connectivity index is 1.82. The second kappa shape index (κ2) is 6.67. The summed E-state index contributed by atoms with van der Waals surface area (Å²) in [5.74, 6) is 0. The fourth-order valence-corrected chi connectivity index (χ4v) is 2.44. The second-order valence-electron chi connectivity index (χ2n) is 4.50. The topological polar surface area (TPSA) is 47.8 Å². The smallest absolute Gasteiger partial charge is 0.102 e. The van der Waals surface area contributed by atoms with Crippen molar-refractivity contribution in [3.8, 4) is 6.07 Å². The predicted molar refractivity (Wildman–Crippen MR) is 77.1 cm³/mol. The molecule has 1 aromatic rings. The molecule has 0 bridgehead atoms. The minimum absolute atomic E-state index is 0.764. The predicted octanol–water partition coefficient (Wildman–Crippen LogP) is 2.83. The molecule has 96 valence electrons. The number of benzene rings is 1. The van der Waals surface area contributed by atoms with E-state index in [4.69, 9.17) is 0 Å². The minimum Gasteiger partial charge on any atom is -0.384 e. The standard InChI is InChI=1S/C14H19N3S/c1-18-14-5-2-4-13(12(14)10-15)17-9-3-8-16-11-6-7-11/h2,4-5,11,16-17H,3,6-9H2,1H3. The van der Waals surface area contributed by atoms with Crippen LogP contribution in [-0.4, -0.2) is 25.4 Å². The van der Waals surface area contributed by atoms with E-state index < -0.39 is 0 Å². The van der Waals surface area contributed by atoms with Crippen molar-refractivity contribution in [1.29, 1.82) is 5.26 Å². The zero-order valence-electron chi connectivity index (χ0n) is 10.7. The SMILES string of the molecule is CSc1cccc(NCCCNC2CC2)c1C#N. The van der Waals surface area contributed by atoms with Crippen LogP contribution in [0, 0.1) is 11.3 Å². The van der Waals surface area contributed by atoms with Crippen LogP contribution in [0.3, 0.4) is 0 Å². The molecular weight excluding hydrogens is 242 g/mol. The first-order valence-electron chi connectivity index (χ1n) is 6.39. The van der Waals surface area contributed by atoms with Crippen molar-refractivity contribution in [1.82, 2.24) is 5.32 Å². The lowest BCUT2D eigenvalue weighted by Gasteiger charge is -2.10. The van der Waals surface area contributed by atoms with Gasteiger partial charge in [0, 0.05) is 17.5 Å². The van der Waals surface area contributed by atoms with Crippen LogP contribution in [0.1, 0.15) is 24.8 Å². The van der Waals surface area contributed by atoms with Crippen molar-refractivity contribution in [3.63, 3.8) is 0 Å². The molecule has 1 aromatic carbocycles. The number of thioether (sulfide) groups is 1. The molecule has 0 saturated heterocycles. The Morgan fingerprint density at radius 1 is 1.39 bits per heavy atom. The Labute approximate surface area is 113 Å². The summed E-state index contributed by atoms with van der Waals surface area (Å²) in [5.41, 5.74) is 1.72. The van der Waals surface area contributed by atoms with E-state index >= 15 is 0 Å². The third-order valence-electron chi connectivity index (χ3n) is 3.04. The Hall–Kier alpha value is -1.18. The maximum Gasteiger partial charge on any atom is 0.102 e. The molecule has 1 fully saturated rings. The van der Waals surface area contributed by atoms with Crippen molar-refractivity contribution < 1.29 is 0 Å². The molecule has 0 spiro atoms. The van der Waals surface area contributed by atoms with Gasteiger partial charge in [-0.25, -0.2) is 0 Å². The molecule has 0 unspecified atom stereocenters. The number of nitrogens with one attached hydrogen (secondary N) is 2. The zero-order chi connectivity index (χ0) is 12.8. The van der Waals surface area contributed by atoms with Crippen molar-refractivity contribution in [3.05, 3.63) is 23.8 Å². The first kappa shape index (κ1) is 13.3. The van der Waals surface area contributed by atoms with Crippen molar-refractivity contribution >= 4 is 17.4 Å². The number of rotatable bonds is 7. The molecule has 1 saturated carbocycles. The Morgan fingerprint density at radius 2 is 2.22 bits per heavy atom. The molecule has 2 N–H and O–H groups in total. The third kappa shape index (κ3) is 3.66. The van der Waals surface area contributed by atoms with Gasteiger partial charge in [-0.3, -0.25) is 0 Å². The maximum atomic E-state index is 9.20. The summed E-state index contributed by atoms with van der Waals surface area (Å²) >= 11 is 1.62. The molecule has 0 atom stereocenters. The van der Waals surface area contributed by atoms with Crippen molar-refractivity contribution in [2.75, 3.05) is 24.7 Å². The Kier molecular flexibility index (Phi) is 4.91. The number of hydrogen-bond acceptors (Lipinski definition) is 4. The van der Waals surface area contributed by atoms with Gasteiger partial charge in [0.05, 0.1) is 11.3 Å². The summed E-state index contributed by atoms with van der Waals surface area (Å²) in [7, 11) is 0. The minimum atomic E-state index is 0.764. The van der Waals surface area contributed by atoms with Gasteiger partial charge in [-0.15, -0.1) is 11.8 Å². The second-order valence-corrected chi connectivity index (χ2v) is 5.35. The first-order chi connectivity index (χ1) is 8.85. The van der Waals surface area contributed by atoms with Gasteiger partial charge in [-0.1, -0.05) is 6.07 Å². The van der Waals surface area contributed by atoms with Crippen LogP contribution in [0.4, 0.5) is 5.69 Å². The monoisotopic (exact) mass is 261 g/mol. The number of anilines is 1. The summed E-state index contributed by atoms with van der Waals surface area (Å²) in [6, 6.07) is 9.03. The van der Waals surface area contributed by atoms with Crippen LogP contribution in [0.25, 0.3) is 0 Å². The highest BCUT2D eigenvalue weighted by Crippen LogP contribution is 2.26.